The van der Waals surface area contributed by atoms with E-state index in [0.717, 1.165) is 31.2 Å². The van der Waals surface area contributed by atoms with E-state index in [1.807, 2.05) is 0 Å². The van der Waals surface area contributed by atoms with Gasteiger partial charge in [0.1, 0.15) is 0 Å². The van der Waals surface area contributed by atoms with Crippen molar-refractivity contribution in [2.75, 3.05) is 13.2 Å². The number of ether oxygens (including phenoxy) is 1. The van der Waals surface area contributed by atoms with Crippen LogP contribution in [0.1, 0.15) is 45.4 Å². The van der Waals surface area contributed by atoms with Crippen LogP contribution < -0.4 is 5.32 Å². The second kappa shape index (κ2) is 5.13. The van der Waals surface area contributed by atoms with E-state index in [4.69, 9.17) is 4.74 Å². The topological polar surface area (TPSA) is 21.3 Å². The summed E-state index contributed by atoms with van der Waals surface area (Å²) in [5.74, 6) is 0.881. The summed E-state index contributed by atoms with van der Waals surface area (Å²) in [4.78, 5) is 0. The predicted octanol–water partition coefficient (Wildman–Crippen LogP) is 2.33. The lowest BCUT2D eigenvalue weighted by atomic mass is 9.85. The Morgan fingerprint density at radius 1 is 1.00 bits per heavy atom. The van der Waals surface area contributed by atoms with Crippen molar-refractivity contribution in [1.82, 2.24) is 5.32 Å². The number of hydrogen-bond acceptors (Lipinski definition) is 2. The Morgan fingerprint density at radius 2 is 1.71 bits per heavy atom. The first kappa shape index (κ1) is 10.4. The Labute approximate surface area is 87.4 Å². The van der Waals surface area contributed by atoms with Crippen LogP contribution >= 0.6 is 0 Å². The summed E-state index contributed by atoms with van der Waals surface area (Å²) in [6.45, 7) is 4.31. The fraction of sp³-hybridized carbons (Fsp3) is 1.00. The van der Waals surface area contributed by atoms with Gasteiger partial charge in [-0.15, -0.1) is 0 Å². The Morgan fingerprint density at radius 3 is 2.43 bits per heavy atom. The number of hydrogen-bond donors (Lipinski definition) is 1. The van der Waals surface area contributed by atoms with E-state index in [-0.39, 0.29) is 0 Å². The lowest BCUT2D eigenvalue weighted by Gasteiger charge is -2.34. The molecule has 0 bridgehead atoms. The van der Waals surface area contributed by atoms with Gasteiger partial charge in [-0.05, 0) is 31.6 Å². The van der Waals surface area contributed by atoms with E-state index in [2.05, 4.69) is 12.2 Å². The van der Waals surface area contributed by atoms with E-state index in [0.29, 0.717) is 0 Å². The summed E-state index contributed by atoms with van der Waals surface area (Å²) < 4.78 is 5.38. The number of nitrogens with one attached hydrogen (secondary N) is 1. The van der Waals surface area contributed by atoms with Crippen molar-refractivity contribution in [3.05, 3.63) is 0 Å². The highest BCUT2D eigenvalue weighted by Gasteiger charge is 2.24. The Hall–Kier alpha value is -0.0800. The third-order valence-electron chi connectivity index (χ3n) is 3.78. The van der Waals surface area contributed by atoms with Gasteiger partial charge in [0.15, 0.2) is 0 Å². The summed E-state index contributed by atoms with van der Waals surface area (Å²) in [5, 5.41) is 3.83. The molecular formula is C12H23NO. The smallest absolute Gasteiger partial charge is 0.0480 e. The maximum absolute atomic E-state index is 5.38. The van der Waals surface area contributed by atoms with Crippen LogP contribution in [-0.4, -0.2) is 25.3 Å². The summed E-state index contributed by atoms with van der Waals surface area (Å²) in [5.41, 5.74) is 0. The highest BCUT2D eigenvalue weighted by Crippen LogP contribution is 2.25. The molecule has 1 heterocycles. The van der Waals surface area contributed by atoms with Gasteiger partial charge in [0.2, 0.25) is 0 Å². The van der Waals surface area contributed by atoms with Gasteiger partial charge in [0.05, 0.1) is 0 Å². The molecule has 1 aliphatic carbocycles. The SMILES string of the molecule is C[C@@H]1CCCC[C@H]1NC1CCOCC1. The summed E-state index contributed by atoms with van der Waals surface area (Å²) in [7, 11) is 0. The van der Waals surface area contributed by atoms with Crippen LogP contribution in [0.2, 0.25) is 0 Å². The molecule has 0 aromatic heterocycles. The zero-order valence-corrected chi connectivity index (χ0v) is 9.30. The fourth-order valence-corrected chi connectivity index (χ4v) is 2.73. The van der Waals surface area contributed by atoms with Gasteiger partial charge in [-0.25, -0.2) is 0 Å². The Kier molecular flexibility index (Phi) is 3.82. The molecule has 2 heteroatoms. The third kappa shape index (κ3) is 2.71. The lowest BCUT2D eigenvalue weighted by molar-refractivity contribution is 0.0701. The van der Waals surface area contributed by atoms with E-state index in [1.165, 1.54) is 38.5 Å². The van der Waals surface area contributed by atoms with Crippen molar-refractivity contribution in [2.24, 2.45) is 5.92 Å². The van der Waals surface area contributed by atoms with Gasteiger partial charge in [-0.1, -0.05) is 19.8 Å². The fourth-order valence-electron chi connectivity index (χ4n) is 2.73. The van der Waals surface area contributed by atoms with Crippen LogP contribution in [0.15, 0.2) is 0 Å². The van der Waals surface area contributed by atoms with E-state index >= 15 is 0 Å². The quantitative estimate of drug-likeness (QED) is 0.733. The van der Waals surface area contributed by atoms with Crippen LogP contribution in [0, 0.1) is 5.92 Å². The highest BCUT2D eigenvalue weighted by molar-refractivity contribution is 4.82. The molecule has 0 unspecified atom stereocenters. The minimum Gasteiger partial charge on any atom is -0.381 e. The zero-order valence-electron chi connectivity index (χ0n) is 9.30. The van der Waals surface area contributed by atoms with Gasteiger partial charge in [-0.2, -0.15) is 0 Å². The first-order chi connectivity index (χ1) is 6.86. The lowest BCUT2D eigenvalue weighted by Crippen LogP contribution is -2.45. The van der Waals surface area contributed by atoms with Gasteiger partial charge in [-0.3, -0.25) is 0 Å². The second-order valence-corrected chi connectivity index (χ2v) is 4.92. The predicted molar refractivity (Wildman–Crippen MR) is 58.4 cm³/mol. The van der Waals surface area contributed by atoms with Crippen molar-refractivity contribution in [2.45, 2.75) is 57.5 Å². The van der Waals surface area contributed by atoms with Crippen LogP contribution in [0.4, 0.5) is 0 Å². The molecule has 1 aliphatic heterocycles. The molecule has 14 heavy (non-hydrogen) atoms. The summed E-state index contributed by atoms with van der Waals surface area (Å²) >= 11 is 0. The molecule has 0 aromatic rings. The van der Waals surface area contributed by atoms with E-state index in [1.54, 1.807) is 0 Å². The van der Waals surface area contributed by atoms with Crippen molar-refractivity contribution in [3.8, 4) is 0 Å². The van der Waals surface area contributed by atoms with Crippen molar-refractivity contribution >= 4 is 0 Å². The largest absolute Gasteiger partial charge is 0.381 e. The molecule has 1 saturated heterocycles. The van der Waals surface area contributed by atoms with Crippen LogP contribution in [0.25, 0.3) is 0 Å². The third-order valence-corrected chi connectivity index (χ3v) is 3.78. The minimum absolute atomic E-state index is 0.731. The maximum Gasteiger partial charge on any atom is 0.0480 e. The molecule has 2 aliphatic rings. The molecule has 0 spiro atoms. The molecular weight excluding hydrogens is 174 g/mol. The van der Waals surface area contributed by atoms with E-state index in [9.17, 15) is 0 Å². The average Bonchev–Trinajstić information content (AvgIpc) is 2.23. The van der Waals surface area contributed by atoms with Crippen molar-refractivity contribution in [1.29, 1.82) is 0 Å². The molecule has 0 radical (unpaired) electrons. The zero-order chi connectivity index (χ0) is 9.80. The van der Waals surface area contributed by atoms with Gasteiger partial charge in [0, 0.05) is 25.3 Å². The second-order valence-electron chi connectivity index (χ2n) is 4.92. The van der Waals surface area contributed by atoms with Crippen molar-refractivity contribution in [3.63, 3.8) is 0 Å². The van der Waals surface area contributed by atoms with Crippen molar-refractivity contribution < 1.29 is 4.74 Å². The normalized spacial score (nSPS) is 35.8. The van der Waals surface area contributed by atoms with Crippen LogP contribution in [0.3, 0.4) is 0 Å². The Bertz CT molecular complexity index is 166. The monoisotopic (exact) mass is 197 g/mol. The van der Waals surface area contributed by atoms with E-state index < -0.39 is 0 Å². The highest BCUT2D eigenvalue weighted by atomic mass is 16.5. The number of rotatable bonds is 2. The molecule has 82 valence electrons. The van der Waals surface area contributed by atoms with Crippen LogP contribution in [0.5, 0.6) is 0 Å². The van der Waals surface area contributed by atoms with Gasteiger partial charge < -0.3 is 10.1 Å². The molecule has 1 N–H and O–H groups in total. The molecule has 2 nitrogen and oxygen atoms in total. The molecule has 2 atom stereocenters. The molecule has 1 saturated carbocycles. The first-order valence-corrected chi connectivity index (χ1v) is 6.20. The van der Waals surface area contributed by atoms with Gasteiger partial charge in [0.25, 0.3) is 0 Å². The minimum atomic E-state index is 0.731. The average molecular weight is 197 g/mol. The molecule has 0 amide bonds. The molecule has 2 rings (SSSR count). The molecule has 2 fully saturated rings. The summed E-state index contributed by atoms with van der Waals surface area (Å²) in [6.07, 6.45) is 8.09. The first-order valence-electron chi connectivity index (χ1n) is 6.20. The van der Waals surface area contributed by atoms with Gasteiger partial charge >= 0.3 is 0 Å². The molecule has 0 aromatic carbocycles. The maximum atomic E-state index is 5.38. The standard InChI is InChI=1S/C12H23NO/c1-10-4-2-3-5-12(10)13-11-6-8-14-9-7-11/h10-13H,2-9H2,1H3/t10-,12-/m1/s1. The summed E-state index contributed by atoms with van der Waals surface area (Å²) in [6, 6.07) is 1.51. The Balaban J connectivity index is 1.76. The van der Waals surface area contributed by atoms with Crippen LogP contribution in [-0.2, 0) is 4.74 Å².